The molecular weight excluding hydrogens is 340 g/mol. The van der Waals surface area contributed by atoms with Gasteiger partial charge in [0.2, 0.25) is 11.8 Å². The first kappa shape index (κ1) is 18.3. The number of piperidine rings is 1. The number of thioether (sulfide) groups is 1. The molecule has 2 amide bonds. The number of rotatable bonds is 4. The lowest BCUT2D eigenvalue weighted by Gasteiger charge is -2.47. The molecule has 2 fully saturated rings. The molecule has 0 aromatic carbocycles. The van der Waals surface area contributed by atoms with Crippen LogP contribution in [0.25, 0.3) is 0 Å². The number of amides is 2. The second kappa shape index (κ2) is 6.67. The molecule has 1 N–H and O–H groups in total. The van der Waals surface area contributed by atoms with E-state index in [4.69, 9.17) is 0 Å². The summed E-state index contributed by atoms with van der Waals surface area (Å²) in [6.07, 6.45) is 1.72. The molecule has 138 valence electrons. The lowest BCUT2D eigenvalue weighted by atomic mass is 9.75. The van der Waals surface area contributed by atoms with E-state index in [0.717, 1.165) is 30.8 Å². The minimum absolute atomic E-state index is 0.0154. The standard InChI is InChI=1S/C18H26N2O4S/c1-9(2)13-14-10(3)16(15(18(23)24)20(14)17(13)22)25-12-5-7-19(8-6-12)11(4)21/h9-10,12-14H,5-8H2,1-4H3,(H,23,24)/t10-,13-,14-/m1/s1. The third-order valence-electron chi connectivity index (χ3n) is 5.69. The van der Waals surface area contributed by atoms with Crippen molar-refractivity contribution in [1.82, 2.24) is 9.80 Å². The number of carbonyl (C=O) groups excluding carboxylic acids is 2. The zero-order valence-electron chi connectivity index (χ0n) is 15.2. The van der Waals surface area contributed by atoms with Crippen LogP contribution in [0.2, 0.25) is 0 Å². The Morgan fingerprint density at radius 1 is 1.24 bits per heavy atom. The summed E-state index contributed by atoms with van der Waals surface area (Å²) in [6.45, 7) is 9.11. The summed E-state index contributed by atoms with van der Waals surface area (Å²) in [5.74, 6) is -0.763. The van der Waals surface area contributed by atoms with Crippen LogP contribution in [0.3, 0.4) is 0 Å². The highest BCUT2D eigenvalue weighted by Crippen LogP contribution is 2.52. The minimum atomic E-state index is -1.01. The number of nitrogens with zero attached hydrogens (tertiary/aromatic N) is 2. The average molecular weight is 366 g/mol. The Bertz CT molecular complexity index is 637. The predicted octanol–water partition coefficient (Wildman–Crippen LogP) is 2.16. The van der Waals surface area contributed by atoms with Crippen LogP contribution in [0.15, 0.2) is 10.6 Å². The van der Waals surface area contributed by atoms with E-state index in [1.165, 1.54) is 4.90 Å². The maximum absolute atomic E-state index is 12.5. The van der Waals surface area contributed by atoms with E-state index in [-0.39, 0.29) is 41.3 Å². The molecule has 0 spiro atoms. The Morgan fingerprint density at radius 2 is 1.84 bits per heavy atom. The number of carbonyl (C=O) groups is 3. The summed E-state index contributed by atoms with van der Waals surface area (Å²) in [6, 6.07) is -0.0154. The zero-order chi connectivity index (χ0) is 18.5. The number of hydrogen-bond donors (Lipinski definition) is 1. The Hall–Kier alpha value is -1.50. The van der Waals surface area contributed by atoms with E-state index in [1.807, 2.05) is 25.7 Å². The molecular formula is C18H26N2O4S. The first-order valence-electron chi connectivity index (χ1n) is 8.96. The summed E-state index contributed by atoms with van der Waals surface area (Å²) >= 11 is 1.62. The van der Waals surface area contributed by atoms with E-state index >= 15 is 0 Å². The quantitative estimate of drug-likeness (QED) is 0.772. The summed E-state index contributed by atoms with van der Waals surface area (Å²) in [7, 11) is 0. The van der Waals surface area contributed by atoms with Crippen LogP contribution >= 0.6 is 11.8 Å². The van der Waals surface area contributed by atoms with Crippen molar-refractivity contribution in [3.8, 4) is 0 Å². The monoisotopic (exact) mass is 366 g/mol. The smallest absolute Gasteiger partial charge is 0.353 e. The van der Waals surface area contributed by atoms with E-state index < -0.39 is 5.97 Å². The molecule has 0 bridgehead atoms. The molecule has 0 aromatic rings. The molecule has 3 aliphatic heterocycles. The number of β-lactam (4-membered cyclic amide) rings is 1. The first-order valence-corrected chi connectivity index (χ1v) is 9.84. The van der Waals surface area contributed by atoms with Crippen molar-refractivity contribution in [2.75, 3.05) is 13.1 Å². The number of fused-ring (bicyclic) bond motifs is 1. The maximum Gasteiger partial charge on any atom is 0.353 e. The summed E-state index contributed by atoms with van der Waals surface area (Å²) in [5, 5.41) is 9.99. The van der Waals surface area contributed by atoms with Crippen LogP contribution in [-0.2, 0) is 14.4 Å². The normalized spacial score (nSPS) is 30.0. The molecule has 3 rings (SSSR count). The predicted molar refractivity (Wildman–Crippen MR) is 95.7 cm³/mol. The van der Waals surface area contributed by atoms with Crippen molar-refractivity contribution in [3.05, 3.63) is 10.6 Å². The van der Waals surface area contributed by atoms with Gasteiger partial charge in [-0.05, 0) is 18.8 Å². The van der Waals surface area contributed by atoms with Gasteiger partial charge in [-0.3, -0.25) is 9.59 Å². The largest absolute Gasteiger partial charge is 0.477 e. The van der Waals surface area contributed by atoms with Gasteiger partial charge in [-0.25, -0.2) is 4.79 Å². The van der Waals surface area contributed by atoms with E-state index in [0.29, 0.717) is 5.25 Å². The molecule has 3 aliphatic rings. The Labute approximate surface area is 152 Å². The SMILES string of the molecule is CC(=O)N1CCC(SC2=C(C(=O)O)N3C(=O)[C@H](C(C)C)[C@H]3[C@H]2C)CC1. The second-order valence-electron chi connectivity index (χ2n) is 7.60. The fourth-order valence-electron chi connectivity index (χ4n) is 4.33. The van der Waals surface area contributed by atoms with Gasteiger partial charge in [0.25, 0.3) is 0 Å². The molecule has 2 saturated heterocycles. The molecule has 0 unspecified atom stereocenters. The molecule has 25 heavy (non-hydrogen) atoms. The topological polar surface area (TPSA) is 77.9 Å². The molecule has 7 heteroatoms. The molecule has 0 aromatic heterocycles. The van der Waals surface area contributed by atoms with Crippen molar-refractivity contribution in [3.63, 3.8) is 0 Å². The third kappa shape index (κ3) is 2.96. The summed E-state index contributed by atoms with van der Waals surface area (Å²) in [4.78, 5) is 40.0. The van der Waals surface area contributed by atoms with Gasteiger partial charge in [0, 0.05) is 36.1 Å². The molecule has 3 heterocycles. The highest BCUT2D eigenvalue weighted by atomic mass is 32.2. The zero-order valence-corrected chi connectivity index (χ0v) is 16.0. The third-order valence-corrected chi connectivity index (χ3v) is 7.31. The Kier molecular flexibility index (Phi) is 4.88. The van der Waals surface area contributed by atoms with E-state index in [1.54, 1.807) is 18.7 Å². The van der Waals surface area contributed by atoms with Crippen molar-refractivity contribution in [2.24, 2.45) is 17.8 Å². The van der Waals surface area contributed by atoms with Gasteiger partial charge in [-0.15, -0.1) is 11.8 Å². The molecule has 3 atom stereocenters. The number of hydrogen-bond acceptors (Lipinski definition) is 4. The van der Waals surface area contributed by atoms with Gasteiger partial charge in [-0.2, -0.15) is 0 Å². The summed E-state index contributed by atoms with van der Waals surface area (Å²) < 4.78 is 0. The highest BCUT2D eigenvalue weighted by molar-refractivity contribution is 8.03. The fourth-order valence-corrected chi connectivity index (χ4v) is 5.79. The van der Waals surface area contributed by atoms with E-state index in [9.17, 15) is 19.5 Å². The van der Waals surface area contributed by atoms with Gasteiger partial charge in [0.1, 0.15) is 5.70 Å². The average Bonchev–Trinajstić information content (AvgIpc) is 2.77. The minimum Gasteiger partial charge on any atom is -0.477 e. The van der Waals surface area contributed by atoms with Crippen molar-refractivity contribution in [2.45, 2.75) is 51.8 Å². The second-order valence-corrected chi connectivity index (χ2v) is 8.94. The Balaban J connectivity index is 1.77. The van der Waals surface area contributed by atoms with Crippen LogP contribution in [0.1, 0.15) is 40.5 Å². The van der Waals surface area contributed by atoms with Crippen molar-refractivity contribution >= 4 is 29.5 Å². The van der Waals surface area contributed by atoms with Gasteiger partial charge in [0.15, 0.2) is 0 Å². The van der Waals surface area contributed by atoms with Gasteiger partial charge < -0.3 is 14.9 Å². The lowest BCUT2D eigenvalue weighted by Crippen LogP contribution is -2.62. The van der Waals surface area contributed by atoms with Crippen LogP contribution in [0.5, 0.6) is 0 Å². The molecule has 0 saturated carbocycles. The molecule has 0 aliphatic carbocycles. The lowest BCUT2D eigenvalue weighted by molar-refractivity contribution is -0.159. The summed E-state index contributed by atoms with van der Waals surface area (Å²) in [5.41, 5.74) is 0.193. The molecule has 6 nitrogen and oxygen atoms in total. The van der Waals surface area contributed by atoms with Gasteiger partial charge in [0.05, 0.1) is 12.0 Å². The number of aliphatic carboxylic acids is 1. The van der Waals surface area contributed by atoms with Gasteiger partial charge >= 0.3 is 5.97 Å². The number of likely N-dealkylation sites (tertiary alicyclic amines) is 1. The van der Waals surface area contributed by atoms with Crippen LogP contribution < -0.4 is 0 Å². The first-order chi connectivity index (χ1) is 11.7. The van der Waals surface area contributed by atoms with Crippen molar-refractivity contribution in [1.29, 1.82) is 0 Å². The molecule has 0 radical (unpaired) electrons. The van der Waals surface area contributed by atoms with Crippen LogP contribution in [0, 0.1) is 17.8 Å². The van der Waals surface area contributed by atoms with Crippen LogP contribution in [0.4, 0.5) is 0 Å². The number of carboxylic acid groups (broad SMARTS) is 1. The number of carboxylic acids is 1. The maximum atomic E-state index is 12.5. The van der Waals surface area contributed by atoms with Crippen molar-refractivity contribution < 1.29 is 19.5 Å². The Morgan fingerprint density at radius 3 is 2.32 bits per heavy atom. The van der Waals surface area contributed by atoms with Crippen LogP contribution in [-0.4, -0.2) is 57.1 Å². The van der Waals surface area contributed by atoms with Gasteiger partial charge in [-0.1, -0.05) is 20.8 Å². The van der Waals surface area contributed by atoms with E-state index in [2.05, 4.69) is 0 Å². The fraction of sp³-hybridized carbons (Fsp3) is 0.722. The highest BCUT2D eigenvalue weighted by Gasteiger charge is 2.59.